The van der Waals surface area contributed by atoms with Gasteiger partial charge in [-0.1, -0.05) is 24.3 Å². The second-order valence-electron chi connectivity index (χ2n) is 6.24. The molecule has 2 aromatic rings. The molecule has 140 valence electrons. The first-order chi connectivity index (χ1) is 12.2. The molecule has 0 amide bonds. The highest BCUT2D eigenvalue weighted by Gasteiger charge is 2.22. The molecule has 0 spiro atoms. The second kappa shape index (κ2) is 9.61. The summed E-state index contributed by atoms with van der Waals surface area (Å²) < 4.78 is 5.95. The van der Waals surface area contributed by atoms with Crippen LogP contribution in [0.5, 0.6) is 5.75 Å². The van der Waals surface area contributed by atoms with Gasteiger partial charge in [0.1, 0.15) is 17.7 Å². The van der Waals surface area contributed by atoms with E-state index in [2.05, 4.69) is 38.8 Å². The van der Waals surface area contributed by atoms with Crippen molar-refractivity contribution in [2.75, 3.05) is 32.6 Å². The van der Waals surface area contributed by atoms with E-state index in [0.717, 1.165) is 29.5 Å². The van der Waals surface area contributed by atoms with Crippen molar-refractivity contribution in [3.63, 3.8) is 0 Å². The number of nitrogens with one attached hydrogen (secondary N) is 2. The number of para-hydroxylation sites is 1. The van der Waals surface area contributed by atoms with E-state index in [0.29, 0.717) is 13.1 Å². The summed E-state index contributed by atoms with van der Waals surface area (Å²) in [7, 11) is 5.76. The summed E-state index contributed by atoms with van der Waals surface area (Å²) in [6.07, 6.45) is 2.86. The number of aliphatic imine (C=N–C) groups is 1. The van der Waals surface area contributed by atoms with Gasteiger partial charge in [-0.3, -0.25) is 4.99 Å². The smallest absolute Gasteiger partial charge is 0.191 e. The lowest BCUT2D eigenvalue weighted by atomic mass is 10.1. The van der Waals surface area contributed by atoms with Gasteiger partial charge in [-0.2, -0.15) is 0 Å². The number of nitrogens with zero attached hydrogens (tertiary/aromatic N) is 3. The monoisotopic (exact) mass is 467 g/mol. The van der Waals surface area contributed by atoms with E-state index in [1.807, 2.05) is 37.2 Å². The molecule has 1 aliphatic rings. The number of aromatic nitrogens is 1. The van der Waals surface area contributed by atoms with Gasteiger partial charge < -0.3 is 20.3 Å². The molecule has 0 saturated heterocycles. The van der Waals surface area contributed by atoms with Crippen LogP contribution < -0.4 is 20.3 Å². The second-order valence-corrected chi connectivity index (χ2v) is 6.24. The fourth-order valence-electron chi connectivity index (χ4n) is 2.95. The number of guanidine groups is 1. The summed E-state index contributed by atoms with van der Waals surface area (Å²) in [5.41, 5.74) is 2.39. The van der Waals surface area contributed by atoms with Crippen LogP contribution in [0.2, 0.25) is 0 Å². The molecule has 1 unspecified atom stereocenters. The Morgan fingerprint density at radius 2 is 2.04 bits per heavy atom. The third-order valence-electron chi connectivity index (χ3n) is 4.17. The number of hydrogen-bond donors (Lipinski definition) is 2. The highest BCUT2D eigenvalue weighted by Crippen LogP contribution is 2.27. The highest BCUT2D eigenvalue weighted by atomic mass is 127. The van der Waals surface area contributed by atoms with Crippen molar-refractivity contribution in [1.29, 1.82) is 0 Å². The van der Waals surface area contributed by atoms with Crippen LogP contribution >= 0.6 is 24.0 Å². The van der Waals surface area contributed by atoms with Crippen LogP contribution in [-0.4, -0.2) is 44.7 Å². The van der Waals surface area contributed by atoms with Gasteiger partial charge in [-0.15, -0.1) is 24.0 Å². The average Bonchev–Trinajstić information content (AvgIpc) is 3.05. The Labute approximate surface area is 172 Å². The lowest BCUT2D eigenvalue weighted by Crippen LogP contribution is -2.42. The van der Waals surface area contributed by atoms with Crippen LogP contribution in [-0.2, 0) is 13.0 Å². The Hall–Kier alpha value is -2.03. The van der Waals surface area contributed by atoms with E-state index >= 15 is 0 Å². The zero-order valence-electron chi connectivity index (χ0n) is 15.4. The Morgan fingerprint density at radius 1 is 1.23 bits per heavy atom. The maximum Gasteiger partial charge on any atom is 0.191 e. The summed E-state index contributed by atoms with van der Waals surface area (Å²) in [4.78, 5) is 10.7. The first-order valence-electron chi connectivity index (χ1n) is 8.47. The largest absolute Gasteiger partial charge is 0.488 e. The maximum atomic E-state index is 5.95. The summed E-state index contributed by atoms with van der Waals surface area (Å²) in [5.74, 6) is 2.70. The molecular weight excluding hydrogens is 441 g/mol. The zero-order valence-corrected chi connectivity index (χ0v) is 17.7. The lowest BCUT2D eigenvalue weighted by Gasteiger charge is -2.18. The van der Waals surface area contributed by atoms with Crippen molar-refractivity contribution in [2.24, 2.45) is 4.99 Å². The molecule has 1 aromatic carbocycles. The fraction of sp³-hybridized carbons (Fsp3) is 0.368. The van der Waals surface area contributed by atoms with E-state index in [4.69, 9.17) is 4.74 Å². The lowest BCUT2D eigenvalue weighted by molar-refractivity contribution is 0.235. The molecule has 0 radical (unpaired) electrons. The Bertz CT molecular complexity index is 725. The predicted molar refractivity (Wildman–Crippen MR) is 117 cm³/mol. The van der Waals surface area contributed by atoms with E-state index in [1.165, 1.54) is 5.56 Å². The average molecular weight is 467 g/mol. The molecule has 6 nitrogen and oxygen atoms in total. The maximum absolute atomic E-state index is 5.95. The van der Waals surface area contributed by atoms with Crippen molar-refractivity contribution in [3.05, 3.63) is 53.7 Å². The summed E-state index contributed by atoms with van der Waals surface area (Å²) in [6.45, 7) is 1.37. The van der Waals surface area contributed by atoms with Crippen LogP contribution in [0.15, 0.2) is 47.6 Å². The van der Waals surface area contributed by atoms with E-state index in [-0.39, 0.29) is 30.1 Å². The van der Waals surface area contributed by atoms with E-state index in [9.17, 15) is 0 Å². The van der Waals surface area contributed by atoms with Gasteiger partial charge in [0.2, 0.25) is 0 Å². The Morgan fingerprint density at radius 3 is 2.77 bits per heavy atom. The first-order valence-corrected chi connectivity index (χ1v) is 8.47. The molecule has 26 heavy (non-hydrogen) atoms. The molecule has 1 aliphatic heterocycles. The Balaban J connectivity index is 0.00000243. The minimum Gasteiger partial charge on any atom is -0.488 e. The van der Waals surface area contributed by atoms with Crippen molar-refractivity contribution in [2.45, 2.75) is 19.1 Å². The molecule has 0 fully saturated rings. The topological polar surface area (TPSA) is 61.8 Å². The van der Waals surface area contributed by atoms with Crippen molar-refractivity contribution < 1.29 is 4.74 Å². The SMILES string of the molecule is CN=C(NCc1cccnc1N(C)C)NCC1Cc2ccccc2O1.I. The van der Waals surface area contributed by atoms with Crippen LogP contribution in [0.25, 0.3) is 0 Å². The zero-order chi connectivity index (χ0) is 17.6. The summed E-state index contributed by atoms with van der Waals surface area (Å²) in [6, 6.07) is 12.2. The molecule has 0 bridgehead atoms. The molecule has 3 rings (SSSR count). The molecule has 1 aromatic heterocycles. The fourth-order valence-corrected chi connectivity index (χ4v) is 2.95. The number of fused-ring (bicyclic) bond motifs is 1. The molecule has 2 N–H and O–H groups in total. The van der Waals surface area contributed by atoms with Gasteiger partial charge in [0, 0.05) is 45.9 Å². The number of pyridine rings is 1. The van der Waals surface area contributed by atoms with Crippen LogP contribution in [0.1, 0.15) is 11.1 Å². The van der Waals surface area contributed by atoms with Gasteiger partial charge in [-0.05, 0) is 17.7 Å². The van der Waals surface area contributed by atoms with Gasteiger partial charge in [0.25, 0.3) is 0 Å². The molecular formula is C19H26IN5O. The van der Waals surface area contributed by atoms with Gasteiger partial charge in [0.05, 0.1) is 6.54 Å². The standard InChI is InChI=1S/C19H25N5O.HI/c1-20-19(22-12-15-8-6-10-21-18(15)24(2)3)23-13-16-11-14-7-4-5-9-17(14)25-16;/h4-10,16H,11-13H2,1-3H3,(H2,20,22,23);1H. The normalized spacial score (nSPS) is 15.5. The van der Waals surface area contributed by atoms with E-state index < -0.39 is 0 Å². The number of halogens is 1. The number of rotatable bonds is 5. The van der Waals surface area contributed by atoms with Gasteiger partial charge in [-0.25, -0.2) is 4.98 Å². The molecule has 2 heterocycles. The molecule has 0 aliphatic carbocycles. The predicted octanol–water partition coefficient (Wildman–Crippen LogP) is 2.43. The van der Waals surface area contributed by atoms with Crippen molar-refractivity contribution in [1.82, 2.24) is 15.6 Å². The number of hydrogen-bond acceptors (Lipinski definition) is 4. The van der Waals surface area contributed by atoms with Crippen LogP contribution in [0.3, 0.4) is 0 Å². The number of ether oxygens (including phenoxy) is 1. The van der Waals surface area contributed by atoms with E-state index in [1.54, 1.807) is 13.2 Å². The summed E-state index contributed by atoms with van der Waals surface area (Å²) >= 11 is 0. The van der Waals surface area contributed by atoms with Gasteiger partial charge in [0.15, 0.2) is 5.96 Å². The Kier molecular flexibility index (Phi) is 7.50. The quantitative estimate of drug-likeness (QED) is 0.402. The van der Waals surface area contributed by atoms with Crippen LogP contribution in [0.4, 0.5) is 5.82 Å². The summed E-state index contributed by atoms with van der Waals surface area (Å²) in [5, 5.41) is 6.69. The highest BCUT2D eigenvalue weighted by molar-refractivity contribution is 14.0. The minimum absolute atomic E-state index is 0. The third-order valence-corrected chi connectivity index (χ3v) is 4.17. The van der Waals surface area contributed by atoms with Crippen molar-refractivity contribution >= 4 is 35.8 Å². The number of benzene rings is 1. The first kappa shape index (κ1) is 20.3. The number of anilines is 1. The molecule has 7 heteroatoms. The molecule has 1 atom stereocenters. The van der Waals surface area contributed by atoms with Crippen molar-refractivity contribution in [3.8, 4) is 5.75 Å². The molecule has 0 saturated carbocycles. The van der Waals surface area contributed by atoms with Crippen LogP contribution in [0, 0.1) is 0 Å². The van der Waals surface area contributed by atoms with Gasteiger partial charge >= 0.3 is 0 Å². The third kappa shape index (κ3) is 5.00. The minimum atomic E-state index is 0.